The number of carbonyl (C=O) groups is 2. The Balaban J connectivity index is 1.76. The van der Waals surface area contributed by atoms with E-state index in [1.165, 1.54) is 0 Å². The fraction of sp³-hybridized carbons (Fsp3) is 0.556. The highest BCUT2D eigenvalue weighted by atomic mass is 16.2. The number of likely N-dealkylation sites (tertiary alicyclic amines) is 1. The van der Waals surface area contributed by atoms with Crippen molar-refractivity contribution in [3.05, 3.63) is 35.9 Å². The molecule has 0 radical (unpaired) electrons. The lowest BCUT2D eigenvalue weighted by Crippen LogP contribution is -2.44. The first-order valence-electron chi connectivity index (χ1n) is 8.25. The number of rotatable bonds is 5. The molecule has 1 heterocycles. The molecule has 2 amide bonds. The van der Waals surface area contributed by atoms with Gasteiger partial charge in [-0.15, -0.1) is 0 Å². The number of nitrogens with zero attached hydrogens (tertiary/aromatic N) is 2. The van der Waals surface area contributed by atoms with E-state index in [0.717, 1.165) is 31.5 Å². The summed E-state index contributed by atoms with van der Waals surface area (Å²) in [5, 5.41) is 3.04. The second kappa shape index (κ2) is 8.11. The molecule has 2 rings (SSSR count). The summed E-state index contributed by atoms with van der Waals surface area (Å²) in [5.41, 5.74) is 1.11. The molecule has 0 aromatic heterocycles. The molecule has 1 aromatic rings. The van der Waals surface area contributed by atoms with Gasteiger partial charge in [0, 0.05) is 20.0 Å². The first-order chi connectivity index (χ1) is 11.0. The summed E-state index contributed by atoms with van der Waals surface area (Å²) in [6.07, 6.45) is 1.66. The van der Waals surface area contributed by atoms with Crippen molar-refractivity contribution >= 4 is 11.8 Å². The Morgan fingerprint density at radius 3 is 2.39 bits per heavy atom. The molecule has 0 aliphatic carbocycles. The minimum atomic E-state index is 0.0107. The van der Waals surface area contributed by atoms with E-state index in [4.69, 9.17) is 0 Å². The predicted molar refractivity (Wildman–Crippen MR) is 90.9 cm³/mol. The predicted octanol–water partition coefficient (Wildman–Crippen LogP) is 1.66. The van der Waals surface area contributed by atoms with E-state index in [9.17, 15) is 9.59 Å². The van der Waals surface area contributed by atoms with Gasteiger partial charge in [-0.1, -0.05) is 30.3 Å². The van der Waals surface area contributed by atoms with Crippen LogP contribution in [0.4, 0.5) is 0 Å². The van der Waals surface area contributed by atoms with E-state index in [0.29, 0.717) is 6.54 Å². The van der Waals surface area contributed by atoms with Crippen molar-refractivity contribution in [1.29, 1.82) is 0 Å². The SMILES string of the molecule is CC(NC(=O)CN1CCC(C(=O)N(C)C)CC1)c1ccccc1. The molecule has 1 aromatic carbocycles. The fourth-order valence-electron chi connectivity index (χ4n) is 3.02. The zero-order valence-corrected chi connectivity index (χ0v) is 14.3. The van der Waals surface area contributed by atoms with Crippen molar-refractivity contribution in [3.8, 4) is 0 Å². The maximum Gasteiger partial charge on any atom is 0.234 e. The van der Waals surface area contributed by atoms with E-state index < -0.39 is 0 Å². The van der Waals surface area contributed by atoms with Gasteiger partial charge in [0.25, 0.3) is 0 Å². The lowest BCUT2D eigenvalue weighted by Gasteiger charge is -2.32. The summed E-state index contributed by atoms with van der Waals surface area (Å²) in [5.74, 6) is 0.345. The third-order valence-electron chi connectivity index (χ3n) is 4.42. The Kier molecular flexibility index (Phi) is 6.16. The Labute approximate surface area is 138 Å². The molecule has 0 spiro atoms. The summed E-state index contributed by atoms with van der Waals surface area (Å²) >= 11 is 0. The number of carbonyl (C=O) groups excluding carboxylic acids is 2. The van der Waals surface area contributed by atoms with Crippen molar-refractivity contribution < 1.29 is 9.59 Å². The molecule has 5 heteroatoms. The smallest absolute Gasteiger partial charge is 0.234 e. The maximum absolute atomic E-state index is 12.2. The summed E-state index contributed by atoms with van der Waals surface area (Å²) < 4.78 is 0. The largest absolute Gasteiger partial charge is 0.349 e. The Hall–Kier alpha value is -1.88. The quantitative estimate of drug-likeness (QED) is 0.899. The zero-order chi connectivity index (χ0) is 16.8. The van der Waals surface area contributed by atoms with E-state index >= 15 is 0 Å². The summed E-state index contributed by atoms with van der Waals surface area (Å²) in [7, 11) is 3.60. The lowest BCUT2D eigenvalue weighted by atomic mass is 9.95. The van der Waals surface area contributed by atoms with Crippen LogP contribution in [-0.4, -0.2) is 55.3 Å². The van der Waals surface area contributed by atoms with Crippen LogP contribution >= 0.6 is 0 Å². The minimum Gasteiger partial charge on any atom is -0.349 e. The number of hydrogen-bond donors (Lipinski definition) is 1. The van der Waals surface area contributed by atoms with Gasteiger partial charge in [-0.3, -0.25) is 14.5 Å². The average molecular weight is 317 g/mol. The third kappa shape index (κ3) is 5.06. The van der Waals surface area contributed by atoms with Crippen LogP contribution in [0, 0.1) is 5.92 Å². The van der Waals surface area contributed by atoms with Gasteiger partial charge in [0.2, 0.25) is 11.8 Å². The fourth-order valence-corrected chi connectivity index (χ4v) is 3.02. The molecule has 1 saturated heterocycles. The van der Waals surface area contributed by atoms with Gasteiger partial charge in [-0.2, -0.15) is 0 Å². The van der Waals surface area contributed by atoms with Gasteiger partial charge in [0.15, 0.2) is 0 Å². The first-order valence-corrected chi connectivity index (χ1v) is 8.25. The number of hydrogen-bond acceptors (Lipinski definition) is 3. The van der Waals surface area contributed by atoms with Crippen molar-refractivity contribution in [2.24, 2.45) is 5.92 Å². The number of piperidine rings is 1. The minimum absolute atomic E-state index is 0.0107. The van der Waals surface area contributed by atoms with E-state index in [1.807, 2.05) is 37.3 Å². The van der Waals surface area contributed by atoms with E-state index in [2.05, 4.69) is 10.2 Å². The molecule has 1 aliphatic rings. The van der Waals surface area contributed by atoms with Crippen LogP contribution in [0.1, 0.15) is 31.4 Å². The van der Waals surface area contributed by atoms with E-state index in [-0.39, 0.29) is 23.8 Å². The Morgan fingerprint density at radius 2 is 1.83 bits per heavy atom. The number of benzene rings is 1. The lowest BCUT2D eigenvalue weighted by molar-refractivity contribution is -0.134. The van der Waals surface area contributed by atoms with Crippen LogP contribution in [0.15, 0.2) is 30.3 Å². The summed E-state index contributed by atoms with van der Waals surface area (Å²) in [6, 6.07) is 9.97. The van der Waals surface area contributed by atoms with Crippen molar-refractivity contribution in [3.63, 3.8) is 0 Å². The third-order valence-corrected chi connectivity index (χ3v) is 4.42. The van der Waals surface area contributed by atoms with Gasteiger partial charge >= 0.3 is 0 Å². The zero-order valence-electron chi connectivity index (χ0n) is 14.3. The van der Waals surface area contributed by atoms with Crippen LogP contribution in [0.2, 0.25) is 0 Å². The standard InChI is InChI=1S/C18H27N3O2/c1-14(15-7-5-4-6-8-15)19-17(22)13-21-11-9-16(10-12-21)18(23)20(2)3/h4-8,14,16H,9-13H2,1-3H3,(H,19,22). The van der Waals surface area contributed by atoms with Gasteiger partial charge in [-0.25, -0.2) is 0 Å². The second-order valence-electron chi connectivity index (χ2n) is 6.48. The molecule has 23 heavy (non-hydrogen) atoms. The maximum atomic E-state index is 12.2. The first kappa shape index (κ1) is 17.5. The van der Waals surface area contributed by atoms with E-state index in [1.54, 1.807) is 19.0 Å². The van der Waals surface area contributed by atoms with Gasteiger partial charge in [0.05, 0.1) is 12.6 Å². The van der Waals surface area contributed by atoms with Crippen molar-refractivity contribution in [1.82, 2.24) is 15.1 Å². The Bertz CT molecular complexity index is 522. The molecular weight excluding hydrogens is 290 g/mol. The average Bonchev–Trinajstić information content (AvgIpc) is 2.55. The molecule has 0 saturated carbocycles. The van der Waals surface area contributed by atoms with Crippen LogP contribution < -0.4 is 5.32 Å². The molecular formula is C18H27N3O2. The highest BCUT2D eigenvalue weighted by Crippen LogP contribution is 2.19. The second-order valence-corrected chi connectivity index (χ2v) is 6.48. The normalized spacial score (nSPS) is 17.5. The summed E-state index contributed by atoms with van der Waals surface area (Å²) in [6.45, 7) is 4.00. The summed E-state index contributed by atoms with van der Waals surface area (Å²) in [4.78, 5) is 27.9. The molecule has 1 fully saturated rings. The molecule has 5 nitrogen and oxygen atoms in total. The highest BCUT2D eigenvalue weighted by molar-refractivity contribution is 5.79. The molecule has 1 atom stereocenters. The van der Waals surface area contributed by atoms with Crippen LogP contribution in [-0.2, 0) is 9.59 Å². The molecule has 1 unspecified atom stereocenters. The molecule has 1 N–H and O–H groups in total. The molecule has 1 aliphatic heterocycles. The van der Waals surface area contributed by atoms with Crippen LogP contribution in [0.3, 0.4) is 0 Å². The highest BCUT2D eigenvalue weighted by Gasteiger charge is 2.26. The monoisotopic (exact) mass is 317 g/mol. The number of nitrogens with one attached hydrogen (secondary N) is 1. The van der Waals surface area contributed by atoms with Crippen molar-refractivity contribution in [2.45, 2.75) is 25.8 Å². The van der Waals surface area contributed by atoms with Crippen LogP contribution in [0.25, 0.3) is 0 Å². The van der Waals surface area contributed by atoms with Gasteiger partial charge < -0.3 is 10.2 Å². The van der Waals surface area contributed by atoms with Gasteiger partial charge in [0.1, 0.15) is 0 Å². The topological polar surface area (TPSA) is 52.7 Å². The van der Waals surface area contributed by atoms with Gasteiger partial charge in [-0.05, 0) is 38.4 Å². The van der Waals surface area contributed by atoms with Crippen molar-refractivity contribution in [2.75, 3.05) is 33.7 Å². The Morgan fingerprint density at radius 1 is 1.22 bits per heavy atom. The molecule has 0 bridgehead atoms. The molecule has 126 valence electrons. The number of amides is 2. The van der Waals surface area contributed by atoms with Crippen LogP contribution in [0.5, 0.6) is 0 Å².